The van der Waals surface area contributed by atoms with E-state index in [0.29, 0.717) is 5.46 Å². The summed E-state index contributed by atoms with van der Waals surface area (Å²) >= 11 is 0. The van der Waals surface area contributed by atoms with Gasteiger partial charge in [0.05, 0.1) is 0 Å². The average molecular weight is 426 g/mol. The summed E-state index contributed by atoms with van der Waals surface area (Å²) in [5, 5.41) is 19.6. The van der Waals surface area contributed by atoms with Crippen LogP contribution in [0.5, 0.6) is 0 Å². The van der Waals surface area contributed by atoms with E-state index in [1.54, 1.807) is 6.07 Å². The normalized spacial score (nSPS) is 10.7. The Bertz CT molecular complexity index is 1300. The fraction of sp³-hybridized carbons (Fsp3) is 0. The molecule has 5 rings (SSSR count). The van der Waals surface area contributed by atoms with Gasteiger partial charge in [0.2, 0.25) is 0 Å². The number of rotatable bonds is 5. The van der Waals surface area contributed by atoms with Gasteiger partial charge in [-0.1, -0.05) is 115 Å². The maximum atomic E-state index is 9.82. The second-order valence-corrected chi connectivity index (χ2v) is 8.04. The van der Waals surface area contributed by atoms with E-state index in [1.165, 1.54) is 0 Å². The van der Waals surface area contributed by atoms with E-state index >= 15 is 0 Å². The lowest BCUT2D eigenvalue weighted by Gasteiger charge is -2.19. The first-order chi connectivity index (χ1) is 16.2. The smallest absolute Gasteiger partial charge is 0.423 e. The van der Waals surface area contributed by atoms with Crippen LogP contribution < -0.4 is 5.46 Å². The number of benzene rings is 5. The zero-order valence-electron chi connectivity index (χ0n) is 18.1. The van der Waals surface area contributed by atoms with Crippen molar-refractivity contribution in [3.63, 3.8) is 0 Å². The minimum atomic E-state index is -1.52. The molecule has 2 N–H and O–H groups in total. The molecule has 0 saturated carbocycles. The Morgan fingerprint density at radius 3 is 1.33 bits per heavy atom. The molecule has 0 saturated heterocycles. The minimum Gasteiger partial charge on any atom is -0.423 e. The Morgan fingerprint density at radius 2 is 0.848 bits per heavy atom. The summed E-state index contributed by atoms with van der Waals surface area (Å²) < 4.78 is 0. The van der Waals surface area contributed by atoms with Crippen molar-refractivity contribution in [3.05, 3.63) is 127 Å². The molecule has 0 spiro atoms. The van der Waals surface area contributed by atoms with Gasteiger partial charge >= 0.3 is 7.12 Å². The van der Waals surface area contributed by atoms with Gasteiger partial charge in [0, 0.05) is 0 Å². The van der Waals surface area contributed by atoms with Crippen molar-refractivity contribution in [1.82, 2.24) is 0 Å². The highest BCUT2D eigenvalue weighted by molar-refractivity contribution is 6.58. The van der Waals surface area contributed by atoms with Crippen LogP contribution >= 0.6 is 0 Å². The Kier molecular flexibility index (Phi) is 5.90. The van der Waals surface area contributed by atoms with Crippen molar-refractivity contribution in [2.75, 3.05) is 0 Å². The van der Waals surface area contributed by atoms with Crippen LogP contribution in [0.15, 0.2) is 127 Å². The Labute approximate surface area is 194 Å². The number of hydrogen-bond acceptors (Lipinski definition) is 2. The highest BCUT2D eigenvalue weighted by Gasteiger charge is 2.19. The van der Waals surface area contributed by atoms with Gasteiger partial charge in [0.25, 0.3) is 0 Å². The molecular formula is C30H23BO2. The van der Waals surface area contributed by atoms with Crippen LogP contribution in [-0.4, -0.2) is 17.2 Å². The molecule has 0 fully saturated rings. The molecule has 0 bridgehead atoms. The van der Waals surface area contributed by atoms with Gasteiger partial charge in [-0.25, -0.2) is 0 Å². The summed E-state index contributed by atoms with van der Waals surface area (Å²) in [6, 6.07) is 43.0. The first kappa shape index (κ1) is 21.0. The molecule has 5 aromatic carbocycles. The van der Waals surface area contributed by atoms with Crippen LogP contribution in [0.25, 0.3) is 44.5 Å². The van der Waals surface area contributed by atoms with Crippen LogP contribution in [0.2, 0.25) is 0 Å². The Balaban J connectivity index is 1.87. The van der Waals surface area contributed by atoms with E-state index in [-0.39, 0.29) is 0 Å². The van der Waals surface area contributed by atoms with Gasteiger partial charge in [0.1, 0.15) is 0 Å². The Morgan fingerprint density at radius 1 is 0.394 bits per heavy atom. The molecule has 0 radical (unpaired) electrons. The second-order valence-electron chi connectivity index (χ2n) is 8.04. The SMILES string of the molecule is OB(O)c1cccc(-c2c(-c3ccccc3)cc(-c3ccccc3)cc2-c2ccccc2)c1. The highest BCUT2D eigenvalue weighted by atomic mass is 16.4. The lowest BCUT2D eigenvalue weighted by molar-refractivity contribution is 0.426. The summed E-state index contributed by atoms with van der Waals surface area (Å²) in [5.74, 6) is 0. The molecule has 158 valence electrons. The maximum absolute atomic E-state index is 9.82. The van der Waals surface area contributed by atoms with E-state index < -0.39 is 7.12 Å². The molecule has 0 aliphatic heterocycles. The standard InChI is InChI=1S/C30H23BO2/c32-31(33)27-18-10-17-25(19-27)30-28(23-13-6-2-7-14-23)20-26(22-11-4-1-5-12-22)21-29(30)24-15-8-3-9-16-24/h1-21,32-33H. The largest absolute Gasteiger partial charge is 0.488 e. The number of hydrogen-bond donors (Lipinski definition) is 2. The minimum absolute atomic E-state index is 0.470. The summed E-state index contributed by atoms with van der Waals surface area (Å²) in [5.41, 5.74) is 9.18. The van der Waals surface area contributed by atoms with Crippen molar-refractivity contribution in [2.45, 2.75) is 0 Å². The van der Waals surface area contributed by atoms with Crippen LogP contribution in [-0.2, 0) is 0 Å². The summed E-state index contributed by atoms with van der Waals surface area (Å²) in [7, 11) is -1.52. The fourth-order valence-corrected chi connectivity index (χ4v) is 4.30. The van der Waals surface area contributed by atoms with Crippen molar-refractivity contribution in [2.24, 2.45) is 0 Å². The summed E-state index contributed by atoms with van der Waals surface area (Å²) in [6.45, 7) is 0. The maximum Gasteiger partial charge on any atom is 0.488 e. The topological polar surface area (TPSA) is 40.5 Å². The van der Waals surface area contributed by atoms with Crippen molar-refractivity contribution >= 4 is 12.6 Å². The van der Waals surface area contributed by atoms with Gasteiger partial charge in [0.15, 0.2) is 0 Å². The molecule has 0 unspecified atom stereocenters. The van der Waals surface area contributed by atoms with Crippen molar-refractivity contribution in [3.8, 4) is 44.5 Å². The van der Waals surface area contributed by atoms with Gasteiger partial charge in [-0.15, -0.1) is 0 Å². The molecule has 2 nitrogen and oxygen atoms in total. The van der Waals surface area contributed by atoms with E-state index in [0.717, 1.165) is 44.5 Å². The third-order valence-corrected chi connectivity index (χ3v) is 5.89. The van der Waals surface area contributed by atoms with Gasteiger partial charge in [-0.3, -0.25) is 0 Å². The molecule has 0 atom stereocenters. The van der Waals surface area contributed by atoms with E-state index in [1.807, 2.05) is 60.7 Å². The van der Waals surface area contributed by atoms with E-state index in [4.69, 9.17) is 0 Å². The predicted molar refractivity (Wildman–Crippen MR) is 138 cm³/mol. The van der Waals surface area contributed by atoms with Crippen molar-refractivity contribution < 1.29 is 10.0 Å². The first-order valence-corrected chi connectivity index (χ1v) is 11.0. The molecule has 0 amide bonds. The van der Waals surface area contributed by atoms with E-state index in [9.17, 15) is 10.0 Å². The zero-order valence-corrected chi connectivity index (χ0v) is 18.1. The second kappa shape index (κ2) is 9.29. The van der Waals surface area contributed by atoms with Crippen LogP contribution in [0.4, 0.5) is 0 Å². The van der Waals surface area contributed by atoms with Crippen molar-refractivity contribution in [1.29, 1.82) is 0 Å². The highest BCUT2D eigenvalue weighted by Crippen LogP contribution is 2.43. The molecule has 0 aliphatic carbocycles. The lowest BCUT2D eigenvalue weighted by Crippen LogP contribution is -2.29. The molecular weight excluding hydrogens is 403 g/mol. The first-order valence-electron chi connectivity index (χ1n) is 11.0. The van der Waals surface area contributed by atoms with Crippen LogP contribution in [0, 0.1) is 0 Å². The fourth-order valence-electron chi connectivity index (χ4n) is 4.30. The van der Waals surface area contributed by atoms with Gasteiger partial charge in [-0.05, 0) is 62.1 Å². The third kappa shape index (κ3) is 4.38. The summed E-state index contributed by atoms with van der Waals surface area (Å²) in [4.78, 5) is 0. The average Bonchev–Trinajstić information content (AvgIpc) is 2.89. The van der Waals surface area contributed by atoms with Crippen LogP contribution in [0.3, 0.4) is 0 Å². The molecule has 33 heavy (non-hydrogen) atoms. The van der Waals surface area contributed by atoms with Crippen LogP contribution in [0.1, 0.15) is 0 Å². The third-order valence-electron chi connectivity index (χ3n) is 5.89. The molecule has 5 aromatic rings. The zero-order chi connectivity index (χ0) is 22.6. The van der Waals surface area contributed by atoms with Gasteiger partial charge < -0.3 is 10.0 Å². The predicted octanol–water partition coefficient (Wildman–Crippen LogP) is 6.03. The molecule has 0 heterocycles. The Hall–Kier alpha value is -3.92. The molecule has 0 aromatic heterocycles. The van der Waals surface area contributed by atoms with Gasteiger partial charge in [-0.2, -0.15) is 0 Å². The summed E-state index contributed by atoms with van der Waals surface area (Å²) in [6.07, 6.45) is 0. The molecule has 0 aliphatic rings. The van der Waals surface area contributed by atoms with E-state index in [2.05, 4.69) is 60.7 Å². The monoisotopic (exact) mass is 426 g/mol. The molecule has 3 heteroatoms. The lowest BCUT2D eigenvalue weighted by atomic mass is 9.77. The quantitative estimate of drug-likeness (QED) is 0.337.